The highest BCUT2D eigenvalue weighted by molar-refractivity contribution is 6.03. The topological polar surface area (TPSA) is 74.1 Å². The highest BCUT2D eigenvalue weighted by Crippen LogP contribution is 2.81. The van der Waals surface area contributed by atoms with Crippen LogP contribution in [0.1, 0.15) is 99.8 Å². The van der Waals surface area contributed by atoms with Crippen LogP contribution in [0.25, 0.3) is 6.20 Å². The number of carbonyl (C=O) groups excluding carboxylic acids is 2. The molecule has 6 aliphatic rings. The number of aromatic nitrogens is 3. The van der Waals surface area contributed by atoms with Crippen molar-refractivity contribution in [2.45, 2.75) is 112 Å². The zero-order chi connectivity index (χ0) is 28.7. The summed E-state index contributed by atoms with van der Waals surface area (Å²) in [5, 5.41) is 7.85. The molecule has 6 fully saturated rings. The quantitative estimate of drug-likeness (QED) is 0.288. The Morgan fingerprint density at radius 1 is 0.975 bits per heavy atom. The lowest BCUT2D eigenvalue weighted by Crippen LogP contribution is -2.76. The van der Waals surface area contributed by atoms with Crippen molar-refractivity contribution in [2.24, 2.45) is 56.7 Å². The summed E-state index contributed by atoms with van der Waals surface area (Å²) in [6.45, 7) is 15.8. The van der Waals surface area contributed by atoms with Gasteiger partial charge in [-0.25, -0.2) is 4.39 Å². The van der Waals surface area contributed by atoms with E-state index in [4.69, 9.17) is 4.74 Å². The van der Waals surface area contributed by atoms with Gasteiger partial charge in [-0.15, -0.1) is 10.2 Å². The minimum atomic E-state index is -1.21. The molecule has 0 unspecified atom stereocenters. The predicted molar refractivity (Wildman–Crippen MR) is 149 cm³/mol. The van der Waals surface area contributed by atoms with Crippen LogP contribution in [0.15, 0.2) is 18.2 Å². The third-order valence-electron chi connectivity index (χ3n) is 14.7. The summed E-state index contributed by atoms with van der Waals surface area (Å²) in [6.07, 6.45) is 10.3. The number of ether oxygens (including phenoxy) is 1. The number of hydrogen-bond acceptors (Lipinski definition) is 5. The summed E-state index contributed by atoms with van der Waals surface area (Å²) in [6, 6.07) is 0. The molecule has 1 aromatic rings. The fourth-order valence-electron chi connectivity index (χ4n) is 12.5. The van der Waals surface area contributed by atoms with Crippen molar-refractivity contribution in [3.05, 3.63) is 18.2 Å². The Bertz CT molecular complexity index is 1310. The maximum Gasteiger partial charge on any atom is 0.313 e. The molecular formula is C33H46FN3O3. The van der Waals surface area contributed by atoms with E-state index in [9.17, 15) is 9.59 Å². The average Bonchev–Trinajstić information content (AvgIpc) is 3.47. The smallest absolute Gasteiger partial charge is 0.313 e. The van der Waals surface area contributed by atoms with E-state index in [-0.39, 0.29) is 46.3 Å². The van der Waals surface area contributed by atoms with Crippen LogP contribution in [0.5, 0.6) is 0 Å². The molecule has 0 aromatic carbocycles. The largest absolute Gasteiger partial charge is 0.455 e. The van der Waals surface area contributed by atoms with Gasteiger partial charge in [0.25, 0.3) is 0 Å². The molecule has 0 N–H and O–H groups in total. The number of nitrogens with zero attached hydrogens (tertiary/aromatic N) is 3. The molecule has 0 amide bonds. The van der Waals surface area contributed by atoms with Gasteiger partial charge in [-0.1, -0.05) is 48.5 Å². The number of alkyl halides is 1. The first kappa shape index (κ1) is 26.8. The average molecular weight is 552 g/mol. The van der Waals surface area contributed by atoms with Gasteiger partial charge in [0, 0.05) is 28.5 Å². The van der Waals surface area contributed by atoms with Crippen LogP contribution < -0.4 is 0 Å². The first-order valence-corrected chi connectivity index (χ1v) is 15.7. The summed E-state index contributed by atoms with van der Waals surface area (Å²) in [5.74, 6) is 0.929. The molecule has 11 atom stereocenters. The van der Waals surface area contributed by atoms with Crippen molar-refractivity contribution in [1.29, 1.82) is 0 Å². The molecule has 2 bridgehead atoms. The highest BCUT2D eigenvalue weighted by Gasteiger charge is 2.84. The van der Waals surface area contributed by atoms with E-state index in [1.54, 1.807) is 17.2 Å². The minimum absolute atomic E-state index is 0.0677. The van der Waals surface area contributed by atoms with Crippen molar-refractivity contribution < 1.29 is 18.7 Å². The summed E-state index contributed by atoms with van der Waals surface area (Å²) in [4.78, 5) is 27.7. The van der Waals surface area contributed by atoms with Crippen molar-refractivity contribution in [1.82, 2.24) is 14.8 Å². The van der Waals surface area contributed by atoms with Gasteiger partial charge in [0.05, 0.1) is 5.41 Å². The van der Waals surface area contributed by atoms with Crippen LogP contribution >= 0.6 is 0 Å². The number of ketones is 1. The Labute approximate surface area is 237 Å². The fourth-order valence-corrected chi connectivity index (χ4v) is 12.5. The molecule has 218 valence electrons. The van der Waals surface area contributed by atoms with Gasteiger partial charge in [-0.3, -0.25) is 14.2 Å². The van der Waals surface area contributed by atoms with Crippen molar-refractivity contribution in [3.63, 3.8) is 0 Å². The van der Waals surface area contributed by atoms with Crippen LogP contribution in [0.4, 0.5) is 4.39 Å². The molecule has 1 spiro atoms. The van der Waals surface area contributed by atoms with E-state index in [1.165, 1.54) is 0 Å². The van der Waals surface area contributed by atoms with Crippen LogP contribution in [0.3, 0.4) is 0 Å². The van der Waals surface area contributed by atoms with Gasteiger partial charge in [0.15, 0.2) is 11.4 Å². The predicted octanol–water partition coefficient (Wildman–Crippen LogP) is 6.66. The molecule has 40 heavy (non-hydrogen) atoms. The van der Waals surface area contributed by atoms with Crippen LogP contribution in [0, 0.1) is 56.7 Å². The number of allylic oxidation sites excluding steroid dienone is 1. The Balaban J connectivity index is 1.37. The maximum absolute atomic E-state index is 17.4. The lowest BCUT2D eigenvalue weighted by atomic mass is 9.30. The zero-order valence-corrected chi connectivity index (χ0v) is 25.3. The van der Waals surface area contributed by atoms with E-state index in [1.807, 2.05) is 6.20 Å². The molecule has 6 nitrogen and oxygen atoms in total. The summed E-state index contributed by atoms with van der Waals surface area (Å²) in [5.41, 5.74) is -2.30. The Kier molecular flexibility index (Phi) is 5.27. The zero-order valence-electron chi connectivity index (χ0n) is 25.3. The molecule has 0 radical (unpaired) electrons. The molecule has 5 saturated carbocycles. The highest BCUT2D eigenvalue weighted by atomic mass is 19.1. The molecule has 5 aliphatic carbocycles. The minimum Gasteiger partial charge on any atom is -0.455 e. The number of hydrogen-bond donors (Lipinski definition) is 0. The van der Waals surface area contributed by atoms with Crippen molar-refractivity contribution >= 4 is 18.0 Å². The van der Waals surface area contributed by atoms with E-state index in [0.717, 1.165) is 44.1 Å². The number of halogens is 1. The third kappa shape index (κ3) is 2.77. The van der Waals surface area contributed by atoms with Gasteiger partial charge >= 0.3 is 5.97 Å². The Morgan fingerprint density at radius 2 is 1.68 bits per heavy atom. The number of Topliss-reactive ketones (excluding diaryl/α,β-unsaturated/α-hetero) is 1. The van der Waals surface area contributed by atoms with Crippen LogP contribution in [0.2, 0.25) is 0 Å². The van der Waals surface area contributed by atoms with Crippen LogP contribution in [-0.2, 0) is 14.3 Å². The first-order chi connectivity index (χ1) is 18.7. The number of fused-ring (bicyclic) bond motifs is 4. The second kappa shape index (κ2) is 7.86. The SMILES string of the molecule is C[C@H]1[C@H](C)CC[C@@]23CC[C@]4(C)[C@](OC2=O)([C@H](F)C[C@@H]2[C@@]5(C)C/C(=C/n6cnnc6)C(=O)C(C)(C)[C@@H]5CC[C@]24C)[C@H]13. The van der Waals surface area contributed by atoms with E-state index in [0.29, 0.717) is 18.8 Å². The number of carbonyl (C=O) groups is 2. The molecule has 7 rings (SSSR count). The molecule has 1 saturated heterocycles. The summed E-state index contributed by atoms with van der Waals surface area (Å²) < 4.78 is 25.8. The number of rotatable bonds is 1. The van der Waals surface area contributed by atoms with E-state index in [2.05, 4.69) is 58.7 Å². The number of esters is 1. The van der Waals surface area contributed by atoms with Gasteiger partial charge in [0.1, 0.15) is 18.8 Å². The lowest BCUT2D eigenvalue weighted by Gasteiger charge is -2.74. The Hall–Kier alpha value is -2.05. The fraction of sp³-hybridized carbons (Fsp3) is 0.818. The van der Waals surface area contributed by atoms with Gasteiger partial charge in [-0.2, -0.15) is 0 Å². The molecule has 7 heteroatoms. The molecule has 1 aliphatic heterocycles. The second-order valence-electron chi connectivity index (χ2n) is 16.1. The normalized spacial score (nSPS) is 53.8. The van der Waals surface area contributed by atoms with Crippen LogP contribution in [-0.4, -0.2) is 38.3 Å². The van der Waals surface area contributed by atoms with E-state index >= 15 is 4.39 Å². The van der Waals surface area contributed by atoms with Crippen molar-refractivity contribution in [3.8, 4) is 0 Å². The monoisotopic (exact) mass is 551 g/mol. The molecule has 2 heterocycles. The Morgan fingerprint density at radius 3 is 2.38 bits per heavy atom. The molecule has 1 aromatic heterocycles. The van der Waals surface area contributed by atoms with Gasteiger partial charge in [0.2, 0.25) is 0 Å². The van der Waals surface area contributed by atoms with Gasteiger partial charge < -0.3 is 4.74 Å². The summed E-state index contributed by atoms with van der Waals surface area (Å²) in [7, 11) is 0. The first-order valence-electron chi connectivity index (χ1n) is 15.7. The molecular weight excluding hydrogens is 505 g/mol. The van der Waals surface area contributed by atoms with Gasteiger partial charge in [-0.05, 0) is 85.9 Å². The third-order valence-corrected chi connectivity index (χ3v) is 14.7. The van der Waals surface area contributed by atoms with E-state index < -0.39 is 28.0 Å². The summed E-state index contributed by atoms with van der Waals surface area (Å²) >= 11 is 0. The maximum atomic E-state index is 17.4. The second-order valence-corrected chi connectivity index (χ2v) is 16.1. The lowest BCUT2D eigenvalue weighted by molar-refractivity contribution is -0.303. The standard InChI is InChI=1S/C33H46FN3O3/c1-19-8-11-32-13-12-31(7)30(6)10-9-22-28(3,4)26(38)21(16-37-17-35-36-18-37)15-29(22,5)23(30)14-24(34)33(31,40-27(32)39)25(32)20(19)2/h16-20,22-25H,8-15H2,1-7H3/b21-16-/t19-,20+,22+,23-,24-,25-,29+,30-,31+,32+,33+/m1/s1. The van der Waals surface area contributed by atoms with Crippen molar-refractivity contribution in [2.75, 3.05) is 0 Å².